The van der Waals surface area contributed by atoms with Crippen molar-refractivity contribution in [3.63, 3.8) is 0 Å². The van der Waals surface area contributed by atoms with Gasteiger partial charge in [-0.25, -0.2) is 9.59 Å². The standard InChI is InChI=1S/C40H55N9O10/c1-26(2)42-39(53)59-29-8-7-28(24-29)30-25-35(46-45-30)43-37(51)32-12-13-41-48(32)14-16-56-18-20-58-22-21-57-19-17-55-15-4-5-27-6-9-31-34(23-27)47(3)40(54)49(31)33-10-11-36(50)44-38(33)52/h6,9,12-13,23,25-26,28-29,33H,4-5,7-8,10-11,14-22,24H2,1-3H3,(H,42,53)(H,44,50,52)(H2,43,45,46,51)/t28-,29+,33?/m0/s1. The Balaban J connectivity index is 0.775. The number of piperidine rings is 1. The number of amides is 4. The van der Waals surface area contributed by atoms with Crippen molar-refractivity contribution in [1.82, 2.24) is 39.7 Å². The number of rotatable bonds is 22. The van der Waals surface area contributed by atoms with Gasteiger partial charge in [-0.05, 0) is 76.1 Å². The van der Waals surface area contributed by atoms with Gasteiger partial charge in [0.15, 0.2) is 5.82 Å². The van der Waals surface area contributed by atoms with E-state index in [0.717, 1.165) is 42.5 Å². The number of benzene rings is 1. The van der Waals surface area contributed by atoms with E-state index in [1.165, 1.54) is 9.13 Å². The Bertz CT molecular complexity index is 2100. The van der Waals surface area contributed by atoms with Gasteiger partial charge in [-0.1, -0.05) is 6.07 Å². The molecule has 3 aromatic heterocycles. The second kappa shape index (κ2) is 21.1. The summed E-state index contributed by atoms with van der Waals surface area (Å²) in [4.78, 5) is 61.9. The summed E-state index contributed by atoms with van der Waals surface area (Å²) in [6, 6.07) is 8.54. The molecule has 4 heterocycles. The van der Waals surface area contributed by atoms with Crippen molar-refractivity contribution < 1.29 is 42.9 Å². The fraction of sp³-hybridized carbons (Fsp3) is 0.575. The number of nitrogens with one attached hydrogen (secondary N) is 4. The molecule has 6 rings (SSSR count). The number of anilines is 1. The predicted molar refractivity (Wildman–Crippen MR) is 214 cm³/mol. The van der Waals surface area contributed by atoms with E-state index in [-0.39, 0.29) is 42.0 Å². The molecule has 1 aromatic carbocycles. The van der Waals surface area contributed by atoms with Crippen molar-refractivity contribution in [1.29, 1.82) is 0 Å². The van der Waals surface area contributed by atoms with Crippen LogP contribution in [0.15, 0.2) is 41.3 Å². The minimum Gasteiger partial charge on any atom is -0.446 e. The third-order valence-electron chi connectivity index (χ3n) is 10.3. The minimum absolute atomic E-state index is 0.0129. The smallest absolute Gasteiger partial charge is 0.407 e. The molecule has 1 saturated carbocycles. The van der Waals surface area contributed by atoms with Crippen LogP contribution in [0.3, 0.4) is 0 Å². The van der Waals surface area contributed by atoms with E-state index in [0.29, 0.717) is 89.3 Å². The van der Waals surface area contributed by atoms with Gasteiger partial charge in [0.1, 0.15) is 17.8 Å². The molecule has 0 bridgehead atoms. The second-order valence-electron chi connectivity index (χ2n) is 15.0. The van der Waals surface area contributed by atoms with Gasteiger partial charge in [-0.15, -0.1) is 0 Å². The van der Waals surface area contributed by atoms with Gasteiger partial charge < -0.3 is 34.3 Å². The van der Waals surface area contributed by atoms with E-state index in [1.54, 1.807) is 24.0 Å². The minimum atomic E-state index is -0.703. The summed E-state index contributed by atoms with van der Waals surface area (Å²) in [5.74, 6) is -0.538. The fourth-order valence-electron chi connectivity index (χ4n) is 7.33. The topological polar surface area (TPSA) is 224 Å². The number of aromatic amines is 1. The maximum absolute atomic E-state index is 13.0. The second-order valence-corrected chi connectivity index (χ2v) is 15.0. The molecule has 4 N–H and O–H groups in total. The summed E-state index contributed by atoms with van der Waals surface area (Å²) in [5, 5.41) is 19.4. The highest BCUT2D eigenvalue weighted by Gasteiger charge is 2.32. The molecule has 2 fully saturated rings. The Morgan fingerprint density at radius 3 is 2.36 bits per heavy atom. The van der Waals surface area contributed by atoms with Gasteiger partial charge in [0, 0.05) is 50.0 Å². The first-order valence-electron chi connectivity index (χ1n) is 20.3. The summed E-state index contributed by atoms with van der Waals surface area (Å²) in [6.45, 7) is 7.58. The molecule has 1 unspecified atom stereocenters. The highest BCUT2D eigenvalue weighted by atomic mass is 16.6. The number of H-pyrrole nitrogens is 1. The third kappa shape index (κ3) is 11.9. The summed E-state index contributed by atoms with van der Waals surface area (Å²) < 4.78 is 32.7. The number of fused-ring (bicyclic) bond motifs is 1. The van der Waals surface area contributed by atoms with Crippen LogP contribution in [0.2, 0.25) is 0 Å². The average molecular weight is 822 g/mol. The van der Waals surface area contributed by atoms with E-state index in [2.05, 4.69) is 31.2 Å². The zero-order chi connectivity index (χ0) is 41.7. The quantitative estimate of drug-likeness (QED) is 0.0664. The molecule has 0 radical (unpaired) electrons. The zero-order valence-electron chi connectivity index (χ0n) is 33.9. The van der Waals surface area contributed by atoms with E-state index >= 15 is 0 Å². The first-order chi connectivity index (χ1) is 28.6. The molecule has 1 saturated heterocycles. The number of aryl methyl sites for hydroxylation is 2. The van der Waals surface area contributed by atoms with E-state index in [1.807, 2.05) is 38.1 Å². The highest BCUT2D eigenvalue weighted by molar-refractivity contribution is 6.02. The lowest BCUT2D eigenvalue weighted by Gasteiger charge is -2.21. The molecular weight excluding hydrogens is 766 g/mol. The van der Waals surface area contributed by atoms with Crippen LogP contribution in [0.5, 0.6) is 0 Å². The summed E-state index contributed by atoms with van der Waals surface area (Å²) in [7, 11) is 1.69. The summed E-state index contributed by atoms with van der Waals surface area (Å²) in [6.07, 6.45) is 5.36. The molecule has 4 aromatic rings. The van der Waals surface area contributed by atoms with Gasteiger partial charge in [-0.3, -0.25) is 38.6 Å². The van der Waals surface area contributed by atoms with Crippen molar-refractivity contribution in [3.05, 3.63) is 64.0 Å². The SMILES string of the molecule is CC(C)NC(=O)O[C@@H]1CC[C@H](c2cc(NC(=O)c3ccnn3CCOCCOCCOCCOCCCc3ccc4c(c3)n(C)c(=O)n4C3CCC(=O)NC3=O)n[nH]2)C1. The van der Waals surface area contributed by atoms with Crippen LogP contribution in [0.1, 0.15) is 86.1 Å². The Hall–Kier alpha value is -5.37. The normalized spacial score (nSPS) is 18.1. The fourth-order valence-corrected chi connectivity index (χ4v) is 7.33. The van der Waals surface area contributed by atoms with Gasteiger partial charge in [-0.2, -0.15) is 10.2 Å². The molecule has 59 heavy (non-hydrogen) atoms. The Kier molecular flexibility index (Phi) is 15.4. The summed E-state index contributed by atoms with van der Waals surface area (Å²) in [5.41, 5.74) is 3.45. The van der Waals surface area contributed by atoms with Crippen molar-refractivity contribution in [3.8, 4) is 0 Å². The first kappa shape index (κ1) is 43.2. The first-order valence-corrected chi connectivity index (χ1v) is 20.3. The number of imide groups is 1. The molecule has 320 valence electrons. The molecule has 19 heteroatoms. The molecule has 4 amide bonds. The van der Waals surface area contributed by atoms with Crippen molar-refractivity contribution in [2.45, 2.75) is 89.4 Å². The number of alkyl carbamates (subject to hydrolysis) is 1. The van der Waals surface area contributed by atoms with Gasteiger partial charge in [0.05, 0.1) is 63.8 Å². The molecule has 2 aliphatic rings. The van der Waals surface area contributed by atoms with E-state index in [4.69, 9.17) is 23.7 Å². The van der Waals surface area contributed by atoms with Crippen molar-refractivity contribution in [2.75, 3.05) is 58.2 Å². The summed E-state index contributed by atoms with van der Waals surface area (Å²) >= 11 is 0. The number of hydrogen-bond donors (Lipinski definition) is 4. The number of hydrogen-bond acceptors (Lipinski definition) is 12. The number of nitrogens with zero attached hydrogens (tertiary/aromatic N) is 5. The maximum Gasteiger partial charge on any atom is 0.407 e. The van der Waals surface area contributed by atoms with Crippen LogP contribution in [0.4, 0.5) is 10.6 Å². The van der Waals surface area contributed by atoms with E-state index < -0.39 is 18.0 Å². The van der Waals surface area contributed by atoms with Gasteiger partial charge >= 0.3 is 11.8 Å². The van der Waals surface area contributed by atoms with Gasteiger partial charge in [0.2, 0.25) is 11.8 Å². The Labute approximate surface area is 341 Å². The number of ether oxygens (including phenoxy) is 5. The Morgan fingerprint density at radius 2 is 1.63 bits per heavy atom. The van der Waals surface area contributed by atoms with Crippen LogP contribution in [0, 0.1) is 0 Å². The molecular formula is C40H55N9O10. The van der Waals surface area contributed by atoms with E-state index in [9.17, 15) is 24.0 Å². The van der Waals surface area contributed by atoms with Gasteiger partial charge in [0.25, 0.3) is 5.91 Å². The number of imidazole rings is 1. The largest absolute Gasteiger partial charge is 0.446 e. The zero-order valence-corrected chi connectivity index (χ0v) is 33.9. The van der Waals surface area contributed by atoms with Crippen molar-refractivity contribution in [2.24, 2.45) is 7.05 Å². The lowest BCUT2D eigenvalue weighted by Crippen LogP contribution is -2.44. The monoisotopic (exact) mass is 821 g/mol. The molecule has 1 aliphatic heterocycles. The number of aromatic nitrogens is 6. The lowest BCUT2D eigenvalue weighted by atomic mass is 10.0. The number of carbonyl (C=O) groups is 4. The number of carbonyl (C=O) groups excluding carboxylic acids is 4. The molecule has 19 nitrogen and oxygen atoms in total. The van der Waals surface area contributed by atoms with Crippen LogP contribution in [-0.2, 0) is 53.3 Å². The van der Waals surface area contributed by atoms with Crippen LogP contribution in [-0.4, -0.2) is 118 Å². The predicted octanol–water partition coefficient (Wildman–Crippen LogP) is 2.96. The molecule has 1 aliphatic carbocycles. The molecule has 3 atom stereocenters. The third-order valence-corrected chi connectivity index (χ3v) is 10.3. The van der Waals surface area contributed by atoms with Crippen LogP contribution >= 0.6 is 0 Å². The van der Waals surface area contributed by atoms with Crippen LogP contribution < -0.4 is 21.6 Å². The van der Waals surface area contributed by atoms with Crippen molar-refractivity contribution >= 4 is 40.7 Å². The van der Waals surface area contributed by atoms with Crippen LogP contribution in [0.25, 0.3) is 11.0 Å². The maximum atomic E-state index is 13.0. The average Bonchev–Trinajstić information content (AvgIpc) is 4.01. The lowest BCUT2D eigenvalue weighted by molar-refractivity contribution is -0.135. The molecule has 0 spiro atoms. The Morgan fingerprint density at radius 1 is 0.898 bits per heavy atom. The highest BCUT2D eigenvalue weighted by Crippen LogP contribution is 2.36.